The molecule has 0 aromatic carbocycles. The zero-order valence-corrected chi connectivity index (χ0v) is 10.7. The molecule has 0 saturated carbocycles. The van der Waals surface area contributed by atoms with E-state index in [1.807, 2.05) is 33.1 Å². The lowest BCUT2D eigenvalue weighted by Crippen LogP contribution is -2.37. The molecular formula is C8H21N3OSi. The molecule has 0 fully saturated rings. The molecule has 0 heterocycles. The van der Waals surface area contributed by atoms with E-state index in [9.17, 15) is 0 Å². The third kappa shape index (κ3) is 6.45. The summed E-state index contributed by atoms with van der Waals surface area (Å²) in [6.07, 6.45) is 0. The smallest absolute Gasteiger partial charge is 0.294 e. The molecule has 0 aliphatic carbocycles. The Bertz CT molecular complexity index is 184. The van der Waals surface area contributed by atoms with E-state index in [-0.39, 0.29) is 0 Å². The lowest BCUT2D eigenvalue weighted by Gasteiger charge is -2.25. The van der Waals surface area contributed by atoms with Crippen molar-refractivity contribution in [2.45, 2.75) is 19.6 Å². The van der Waals surface area contributed by atoms with E-state index < -0.39 is 8.32 Å². The Balaban J connectivity index is 4.46. The van der Waals surface area contributed by atoms with Crippen molar-refractivity contribution in [1.29, 1.82) is 0 Å². The van der Waals surface area contributed by atoms with Crippen molar-refractivity contribution < 1.29 is 4.43 Å². The molecular weight excluding hydrogens is 182 g/mol. The van der Waals surface area contributed by atoms with Crippen molar-refractivity contribution in [3.63, 3.8) is 0 Å². The normalized spacial score (nSPS) is 12.7. The van der Waals surface area contributed by atoms with Crippen LogP contribution < -0.4 is 0 Å². The third-order valence-electron chi connectivity index (χ3n) is 1.07. The second kappa shape index (κ2) is 4.50. The number of amidine groups is 1. The van der Waals surface area contributed by atoms with Gasteiger partial charge in [-0.05, 0) is 19.6 Å². The average molecular weight is 203 g/mol. The molecule has 0 amide bonds. The van der Waals surface area contributed by atoms with E-state index in [1.54, 1.807) is 5.01 Å². The number of hydrogen-bond acceptors (Lipinski definition) is 3. The Morgan fingerprint density at radius 2 is 1.54 bits per heavy atom. The fraction of sp³-hybridized carbons (Fsp3) is 0.875. The van der Waals surface area contributed by atoms with Gasteiger partial charge in [-0.1, -0.05) is 0 Å². The van der Waals surface area contributed by atoms with Gasteiger partial charge in [0.2, 0.25) is 8.32 Å². The van der Waals surface area contributed by atoms with Crippen molar-refractivity contribution in [2.75, 3.05) is 28.2 Å². The summed E-state index contributed by atoms with van der Waals surface area (Å²) in [6.45, 7) is 6.42. The predicted molar refractivity (Wildman–Crippen MR) is 59.2 cm³/mol. The summed E-state index contributed by atoms with van der Waals surface area (Å²) in [4.78, 5) is 1.89. The van der Waals surface area contributed by atoms with Crippen molar-refractivity contribution in [3.8, 4) is 0 Å². The predicted octanol–water partition coefficient (Wildman–Crippen LogP) is 1.23. The van der Waals surface area contributed by atoms with Crippen LogP contribution in [0, 0.1) is 0 Å². The van der Waals surface area contributed by atoms with Crippen LogP contribution in [0.2, 0.25) is 19.6 Å². The molecule has 0 N–H and O–H groups in total. The minimum atomic E-state index is -1.55. The summed E-state index contributed by atoms with van der Waals surface area (Å²) in [5, 5.41) is 6.00. The number of nitrogens with zero attached hydrogens (tertiary/aromatic N) is 3. The van der Waals surface area contributed by atoms with Gasteiger partial charge in [-0.15, -0.1) is 5.10 Å². The van der Waals surface area contributed by atoms with Gasteiger partial charge in [0.05, 0.1) is 0 Å². The van der Waals surface area contributed by atoms with Crippen molar-refractivity contribution >= 4 is 14.3 Å². The summed E-state index contributed by atoms with van der Waals surface area (Å²) in [6, 6.07) is 0.684. The summed E-state index contributed by atoms with van der Waals surface area (Å²) >= 11 is 0. The summed E-state index contributed by atoms with van der Waals surface area (Å²) in [5.74, 6) is 0. The second-order valence-corrected chi connectivity index (χ2v) is 8.77. The first-order valence-electron chi connectivity index (χ1n) is 4.34. The first-order chi connectivity index (χ1) is 5.72. The van der Waals surface area contributed by atoms with Crippen LogP contribution in [0.25, 0.3) is 0 Å². The van der Waals surface area contributed by atoms with Crippen molar-refractivity contribution in [2.24, 2.45) is 5.10 Å². The van der Waals surface area contributed by atoms with Crippen molar-refractivity contribution in [1.82, 2.24) is 9.91 Å². The molecule has 4 nitrogen and oxygen atoms in total. The Morgan fingerprint density at radius 3 is 1.77 bits per heavy atom. The molecule has 0 aromatic heterocycles. The van der Waals surface area contributed by atoms with Crippen molar-refractivity contribution in [3.05, 3.63) is 0 Å². The molecule has 0 rings (SSSR count). The van der Waals surface area contributed by atoms with Gasteiger partial charge in [0.15, 0.2) is 0 Å². The van der Waals surface area contributed by atoms with Gasteiger partial charge in [0, 0.05) is 28.2 Å². The SMILES string of the molecule is CN(C)/N=C(/O[Si](C)(C)C)N(C)C. The average Bonchev–Trinajstić information content (AvgIpc) is 1.81. The largest absolute Gasteiger partial charge is 0.518 e. The van der Waals surface area contributed by atoms with E-state index in [2.05, 4.69) is 24.7 Å². The van der Waals surface area contributed by atoms with E-state index in [1.165, 1.54) is 0 Å². The molecule has 0 atom stereocenters. The van der Waals surface area contributed by atoms with Crippen LogP contribution in [-0.2, 0) is 4.43 Å². The molecule has 0 bridgehead atoms. The van der Waals surface area contributed by atoms with E-state index >= 15 is 0 Å². The summed E-state index contributed by atoms with van der Waals surface area (Å²) < 4.78 is 5.78. The Labute approximate surface area is 82.3 Å². The number of hydrazone groups is 1. The van der Waals surface area contributed by atoms with Crippen LogP contribution in [0.3, 0.4) is 0 Å². The zero-order valence-electron chi connectivity index (χ0n) is 9.75. The quantitative estimate of drug-likeness (QED) is 0.292. The molecule has 0 radical (unpaired) electrons. The lowest BCUT2D eigenvalue weighted by molar-refractivity contribution is 0.364. The standard InChI is InChI=1S/C8H21N3OSi/c1-10(2)8(9-11(3)4)12-13(5,6)7/h1-7H3/b9-8+. The second-order valence-electron chi connectivity index (χ2n) is 4.34. The van der Waals surface area contributed by atoms with E-state index in [4.69, 9.17) is 4.43 Å². The summed E-state index contributed by atoms with van der Waals surface area (Å²) in [7, 11) is 6.09. The van der Waals surface area contributed by atoms with Gasteiger partial charge in [-0.3, -0.25) is 5.01 Å². The van der Waals surface area contributed by atoms with Crippen LogP contribution in [0.4, 0.5) is 0 Å². The van der Waals surface area contributed by atoms with Crippen LogP contribution in [-0.4, -0.2) is 52.4 Å². The molecule has 0 aliphatic rings. The molecule has 5 heteroatoms. The monoisotopic (exact) mass is 203 g/mol. The first-order valence-corrected chi connectivity index (χ1v) is 7.75. The van der Waals surface area contributed by atoms with Crippen LogP contribution in [0.15, 0.2) is 5.10 Å². The van der Waals surface area contributed by atoms with Crippen LogP contribution in [0.5, 0.6) is 0 Å². The maximum atomic E-state index is 5.78. The highest BCUT2D eigenvalue weighted by Gasteiger charge is 2.20. The van der Waals surface area contributed by atoms with Gasteiger partial charge in [-0.25, -0.2) is 0 Å². The van der Waals surface area contributed by atoms with Gasteiger partial charge in [0.25, 0.3) is 6.02 Å². The highest BCUT2D eigenvalue weighted by atomic mass is 28.4. The number of rotatable bonds is 2. The zero-order chi connectivity index (χ0) is 10.6. The highest BCUT2D eigenvalue weighted by Crippen LogP contribution is 2.05. The molecule has 0 aliphatic heterocycles. The summed E-state index contributed by atoms with van der Waals surface area (Å²) in [5.41, 5.74) is 0. The number of hydrogen-bond donors (Lipinski definition) is 0. The first kappa shape index (κ1) is 12.3. The minimum Gasteiger partial charge on any atom is -0.518 e. The Morgan fingerprint density at radius 1 is 1.08 bits per heavy atom. The highest BCUT2D eigenvalue weighted by molar-refractivity contribution is 6.71. The maximum Gasteiger partial charge on any atom is 0.294 e. The molecule has 13 heavy (non-hydrogen) atoms. The van der Waals surface area contributed by atoms with Gasteiger partial charge in [0.1, 0.15) is 0 Å². The Hall–Kier alpha value is -0.713. The van der Waals surface area contributed by atoms with Gasteiger partial charge < -0.3 is 9.33 Å². The van der Waals surface area contributed by atoms with Gasteiger partial charge in [-0.2, -0.15) is 0 Å². The molecule has 0 unspecified atom stereocenters. The van der Waals surface area contributed by atoms with Crippen LogP contribution >= 0.6 is 0 Å². The molecule has 0 spiro atoms. The lowest BCUT2D eigenvalue weighted by atomic mass is 10.9. The fourth-order valence-electron chi connectivity index (χ4n) is 0.646. The molecule has 0 saturated heterocycles. The molecule has 78 valence electrons. The maximum absolute atomic E-state index is 5.78. The van der Waals surface area contributed by atoms with Gasteiger partial charge >= 0.3 is 0 Å². The molecule has 0 aromatic rings. The minimum absolute atomic E-state index is 0.684. The van der Waals surface area contributed by atoms with E-state index in [0.29, 0.717) is 6.02 Å². The van der Waals surface area contributed by atoms with E-state index in [0.717, 1.165) is 0 Å². The topological polar surface area (TPSA) is 28.1 Å². The Kier molecular flexibility index (Phi) is 4.26. The fourth-order valence-corrected chi connectivity index (χ4v) is 1.42. The third-order valence-corrected chi connectivity index (χ3v) is 1.86. The van der Waals surface area contributed by atoms with Crippen LogP contribution in [0.1, 0.15) is 0 Å².